The van der Waals surface area contributed by atoms with E-state index in [1.165, 1.54) is 6.07 Å². The Kier molecular flexibility index (Phi) is 3.49. The van der Waals surface area contributed by atoms with E-state index in [1.807, 2.05) is 6.92 Å². The minimum Gasteiger partial charge on any atom is -0.501 e. The average Bonchev–Trinajstić information content (AvgIpc) is 2.19. The van der Waals surface area contributed by atoms with Gasteiger partial charge < -0.3 is 10.8 Å². The molecule has 5 nitrogen and oxygen atoms in total. The first-order valence-corrected chi connectivity index (χ1v) is 4.82. The maximum absolute atomic E-state index is 10.6. The molecule has 0 radical (unpaired) electrons. The zero-order chi connectivity index (χ0) is 11.4. The maximum Gasteiger partial charge on any atom is 0.313 e. The van der Waals surface area contributed by atoms with Crippen molar-refractivity contribution in [1.29, 1.82) is 0 Å². The summed E-state index contributed by atoms with van der Waals surface area (Å²) in [5.41, 5.74) is 6.01. The van der Waals surface area contributed by atoms with Crippen LogP contribution in [0.4, 0.5) is 11.4 Å². The van der Waals surface area contributed by atoms with E-state index in [0.29, 0.717) is 0 Å². The highest BCUT2D eigenvalue weighted by atomic mass is 16.6. The molecule has 0 bridgehead atoms. The minimum atomic E-state index is -0.624. The number of aromatic hydroxyl groups is 1. The number of unbranched alkanes of at least 4 members (excludes halogenated alkanes) is 1. The van der Waals surface area contributed by atoms with Crippen LogP contribution in [0.2, 0.25) is 0 Å². The van der Waals surface area contributed by atoms with Crippen LogP contribution in [0.5, 0.6) is 5.75 Å². The summed E-state index contributed by atoms with van der Waals surface area (Å²) in [6, 6.07) is 2.96. The van der Waals surface area contributed by atoms with Gasteiger partial charge in [-0.25, -0.2) is 0 Å². The summed E-state index contributed by atoms with van der Waals surface area (Å²) < 4.78 is 0. The minimum absolute atomic E-state index is 0.0651. The van der Waals surface area contributed by atoms with Gasteiger partial charge in [-0.15, -0.1) is 0 Å². The fourth-order valence-electron chi connectivity index (χ4n) is 1.37. The molecule has 0 aromatic heterocycles. The molecule has 0 amide bonds. The first-order valence-electron chi connectivity index (χ1n) is 4.82. The Morgan fingerprint density at radius 3 is 2.73 bits per heavy atom. The first kappa shape index (κ1) is 11.3. The van der Waals surface area contributed by atoms with Crippen LogP contribution in [0.15, 0.2) is 12.1 Å². The SMILES string of the molecule is CCCCc1cc(N)c(O)c([N+](=O)[O-])c1. The van der Waals surface area contributed by atoms with Crippen LogP contribution >= 0.6 is 0 Å². The van der Waals surface area contributed by atoms with Crippen LogP contribution in [0.3, 0.4) is 0 Å². The third-order valence-electron chi connectivity index (χ3n) is 2.19. The molecule has 0 saturated heterocycles. The van der Waals surface area contributed by atoms with Gasteiger partial charge in [0.25, 0.3) is 0 Å². The van der Waals surface area contributed by atoms with Crippen molar-refractivity contribution in [3.8, 4) is 5.75 Å². The predicted molar refractivity (Wildman–Crippen MR) is 57.8 cm³/mol. The van der Waals surface area contributed by atoms with Gasteiger partial charge in [-0.05, 0) is 24.5 Å². The van der Waals surface area contributed by atoms with Crippen molar-refractivity contribution in [3.63, 3.8) is 0 Å². The molecule has 82 valence electrons. The predicted octanol–water partition coefficient (Wildman–Crippen LogP) is 2.23. The molecule has 0 atom stereocenters. The summed E-state index contributed by atoms with van der Waals surface area (Å²) in [6.07, 6.45) is 2.69. The van der Waals surface area contributed by atoms with Gasteiger partial charge in [0.05, 0.1) is 10.6 Å². The van der Waals surface area contributed by atoms with Crippen LogP contribution in [-0.4, -0.2) is 10.0 Å². The molecule has 5 heteroatoms. The fourth-order valence-corrected chi connectivity index (χ4v) is 1.37. The Hall–Kier alpha value is -1.78. The molecular formula is C10H14N2O3. The average molecular weight is 210 g/mol. The summed E-state index contributed by atoms with van der Waals surface area (Å²) in [7, 11) is 0. The Morgan fingerprint density at radius 2 is 2.20 bits per heavy atom. The monoisotopic (exact) mass is 210 g/mol. The molecule has 3 N–H and O–H groups in total. The summed E-state index contributed by atoms with van der Waals surface area (Å²) in [5, 5.41) is 19.9. The lowest BCUT2D eigenvalue weighted by Gasteiger charge is -2.04. The van der Waals surface area contributed by atoms with Crippen molar-refractivity contribution in [2.24, 2.45) is 0 Å². The van der Waals surface area contributed by atoms with Crippen LogP contribution in [0.1, 0.15) is 25.3 Å². The van der Waals surface area contributed by atoms with Crippen LogP contribution < -0.4 is 5.73 Å². The van der Waals surface area contributed by atoms with E-state index >= 15 is 0 Å². The van der Waals surface area contributed by atoms with Crippen molar-refractivity contribution in [1.82, 2.24) is 0 Å². The lowest BCUT2D eigenvalue weighted by Crippen LogP contribution is -1.96. The number of hydrogen-bond acceptors (Lipinski definition) is 4. The molecule has 0 unspecified atom stereocenters. The van der Waals surface area contributed by atoms with E-state index in [4.69, 9.17) is 5.73 Å². The van der Waals surface area contributed by atoms with Gasteiger partial charge in [0, 0.05) is 6.07 Å². The molecule has 1 aromatic carbocycles. The van der Waals surface area contributed by atoms with Crippen molar-refractivity contribution >= 4 is 11.4 Å². The second kappa shape index (κ2) is 4.63. The highest BCUT2D eigenvalue weighted by Gasteiger charge is 2.17. The lowest BCUT2D eigenvalue weighted by molar-refractivity contribution is -0.385. The van der Waals surface area contributed by atoms with Crippen molar-refractivity contribution < 1.29 is 10.0 Å². The largest absolute Gasteiger partial charge is 0.501 e. The number of aryl methyl sites for hydroxylation is 1. The van der Waals surface area contributed by atoms with Gasteiger partial charge >= 0.3 is 5.69 Å². The number of hydrogen-bond donors (Lipinski definition) is 2. The Labute approximate surface area is 87.7 Å². The van der Waals surface area contributed by atoms with Gasteiger partial charge in [0.15, 0.2) is 0 Å². The van der Waals surface area contributed by atoms with E-state index in [9.17, 15) is 15.2 Å². The molecule has 0 fully saturated rings. The number of nitrogens with zero attached hydrogens (tertiary/aromatic N) is 1. The maximum atomic E-state index is 10.6. The smallest absolute Gasteiger partial charge is 0.313 e. The van der Waals surface area contributed by atoms with Gasteiger partial charge in [-0.2, -0.15) is 0 Å². The normalized spacial score (nSPS) is 10.2. The van der Waals surface area contributed by atoms with Crippen molar-refractivity contribution in [2.45, 2.75) is 26.2 Å². The second-order valence-electron chi connectivity index (χ2n) is 3.41. The van der Waals surface area contributed by atoms with E-state index in [0.717, 1.165) is 24.8 Å². The quantitative estimate of drug-likeness (QED) is 0.345. The summed E-state index contributed by atoms with van der Waals surface area (Å²) in [5.74, 6) is -0.444. The third-order valence-corrected chi connectivity index (χ3v) is 2.19. The molecule has 0 aliphatic carbocycles. The third kappa shape index (κ3) is 2.59. The standard InChI is InChI=1S/C10H14N2O3/c1-2-3-4-7-5-8(11)10(13)9(6-7)12(14)15/h5-6,13H,2-4,11H2,1H3. The zero-order valence-corrected chi connectivity index (χ0v) is 8.56. The number of phenols is 1. The molecule has 0 aliphatic heterocycles. The van der Waals surface area contributed by atoms with Crippen molar-refractivity contribution in [2.75, 3.05) is 5.73 Å². The molecule has 15 heavy (non-hydrogen) atoms. The van der Waals surface area contributed by atoms with Crippen LogP contribution in [-0.2, 0) is 6.42 Å². The molecule has 0 spiro atoms. The zero-order valence-electron chi connectivity index (χ0n) is 8.56. The van der Waals surface area contributed by atoms with Gasteiger partial charge in [0.2, 0.25) is 5.75 Å². The van der Waals surface area contributed by atoms with E-state index < -0.39 is 10.7 Å². The van der Waals surface area contributed by atoms with Crippen molar-refractivity contribution in [3.05, 3.63) is 27.8 Å². The molecule has 1 rings (SSSR count). The second-order valence-corrected chi connectivity index (χ2v) is 3.41. The fraction of sp³-hybridized carbons (Fsp3) is 0.400. The van der Waals surface area contributed by atoms with Crippen LogP contribution in [0.25, 0.3) is 0 Å². The summed E-state index contributed by atoms with van der Waals surface area (Å²) in [6.45, 7) is 2.04. The Bertz CT molecular complexity index is 377. The van der Waals surface area contributed by atoms with Gasteiger partial charge in [-0.1, -0.05) is 13.3 Å². The number of rotatable bonds is 4. The van der Waals surface area contributed by atoms with E-state index in [1.54, 1.807) is 6.07 Å². The number of anilines is 1. The lowest BCUT2D eigenvalue weighted by atomic mass is 10.1. The van der Waals surface area contributed by atoms with Gasteiger partial charge in [-0.3, -0.25) is 10.1 Å². The first-order chi connectivity index (χ1) is 7.06. The number of nitrogen functional groups attached to an aromatic ring is 1. The Balaban J connectivity index is 3.06. The topological polar surface area (TPSA) is 89.4 Å². The Morgan fingerprint density at radius 1 is 1.53 bits per heavy atom. The number of phenolic OH excluding ortho intramolecular Hbond substituents is 1. The van der Waals surface area contributed by atoms with E-state index in [2.05, 4.69) is 0 Å². The highest BCUT2D eigenvalue weighted by molar-refractivity contribution is 5.64. The van der Waals surface area contributed by atoms with Gasteiger partial charge in [0.1, 0.15) is 0 Å². The number of nitro groups is 1. The number of nitro benzene ring substituents is 1. The molecule has 1 aromatic rings. The van der Waals surface area contributed by atoms with E-state index in [-0.39, 0.29) is 11.4 Å². The molecule has 0 saturated carbocycles. The molecule has 0 heterocycles. The number of benzene rings is 1. The molecule has 0 aliphatic rings. The summed E-state index contributed by atoms with van der Waals surface area (Å²) >= 11 is 0. The highest BCUT2D eigenvalue weighted by Crippen LogP contribution is 2.33. The summed E-state index contributed by atoms with van der Waals surface area (Å²) in [4.78, 5) is 9.97. The number of nitrogens with two attached hydrogens (primary N) is 1. The van der Waals surface area contributed by atoms with Crippen LogP contribution in [0, 0.1) is 10.1 Å². The molecular weight excluding hydrogens is 196 g/mol.